The van der Waals surface area contributed by atoms with Gasteiger partial charge in [-0.15, -0.1) is 0 Å². The molecule has 0 bridgehead atoms. The van der Waals surface area contributed by atoms with E-state index in [9.17, 15) is 0 Å². The van der Waals surface area contributed by atoms with Crippen molar-refractivity contribution < 1.29 is 4.74 Å². The van der Waals surface area contributed by atoms with Crippen LogP contribution in [0.2, 0.25) is 0 Å². The minimum Gasteiger partial charge on any atom is -0.501 e. The van der Waals surface area contributed by atoms with Gasteiger partial charge in [0.25, 0.3) is 0 Å². The summed E-state index contributed by atoms with van der Waals surface area (Å²) in [4.78, 5) is 0. The van der Waals surface area contributed by atoms with Crippen LogP contribution in [0, 0.1) is 11.3 Å². The fraction of sp³-hybridized carbons (Fsp3) is 0.444. The van der Waals surface area contributed by atoms with Crippen molar-refractivity contribution in [1.29, 1.82) is 5.41 Å². The monoisotopic (exact) mass is 151 g/mol. The molecule has 0 aromatic rings. The van der Waals surface area contributed by atoms with Crippen LogP contribution in [0.25, 0.3) is 0 Å². The quantitative estimate of drug-likeness (QED) is 0.612. The van der Waals surface area contributed by atoms with Crippen molar-refractivity contribution in [3.63, 3.8) is 0 Å². The van der Waals surface area contributed by atoms with Crippen LogP contribution in [0.5, 0.6) is 0 Å². The minimum atomic E-state index is 0.402. The van der Waals surface area contributed by atoms with Crippen LogP contribution < -0.4 is 0 Å². The van der Waals surface area contributed by atoms with Crippen LogP contribution in [0.3, 0.4) is 0 Å². The maximum atomic E-state index is 7.41. The van der Waals surface area contributed by atoms with Crippen LogP contribution in [0.1, 0.15) is 13.3 Å². The summed E-state index contributed by atoms with van der Waals surface area (Å²) < 4.78 is 5.13. The van der Waals surface area contributed by atoms with Gasteiger partial charge in [-0.25, -0.2) is 0 Å². The summed E-state index contributed by atoms with van der Waals surface area (Å²) in [5.74, 6) is 1.30. The largest absolute Gasteiger partial charge is 0.501 e. The van der Waals surface area contributed by atoms with E-state index in [1.807, 2.05) is 12.2 Å². The van der Waals surface area contributed by atoms with E-state index in [-0.39, 0.29) is 0 Å². The summed E-state index contributed by atoms with van der Waals surface area (Å²) in [6.45, 7) is 2.10. The average Bonchev–Trinajstić information content (AvgIpc) is 2.13. The summed E-state index contributed by atoms with van der Waals surface area (Å²) in [5, 5.41) is 7.41. The van der Waals surface area contributed by atoms with Gasteiger partial charge in [-0.05, 0) is 12.5 Å². The first-order chi connectivity index (χ1) is 5.24. The van der Waals surface area contributed by atoms with E-state index < -0.39 is 0 Å². The fourth-order valence-electron chi connectivity index (χ4n) is 1.12. The van der Waals surface area contributed by atoms with Crippen LogP contribution in [0.4, 0.5) is 0 Å². The van der Waals surface area contributed by atoms with Crippen molar-refractivity contribution in [3.05, 3.63) is 24.0 Å². The SMILES string of the molecule is COC1=CC(=N)C=CCC1C. The molecule has 1 N–H and O–H groups in total. The fourth-order valence-corrected chi connectivity index (χ4v) is 1.12. The zero-order valence-electron chi connectivity index (χ0n) is 6.92. The highest BCUT2D eigenvalue weighted by Crippen LogP contribution is 2.18. The van der Waals surface area contributed by atoms with Crippen molar-refractivity contribution in [2.75, 3.05) is 7.11 Å². The van der Waals surface area contributed by atoms with Gasteiger partial charge in [0.05, 0.1) is 12.8 Å². The molecule has 0 saturated heterocycles. The van der Waals surface area contributed by atoms with Gasteiger partial charge in [0, 0.05) is 12.0 Å². The highest BCUT2D eigenvalue weighted by atomic mass is 16.5. The summed E-state index contributed by atoms with van der Waals surface area (Å²) in [5.41, 5.74) is 0.520. The molecule has 0 saturated carbocycles. The van der Waals surface area contributed by atoms with Gasteiger partial charge < -0.3 is 10.1 Å². The predicted octanol–water partition coefficient (Wildman–Crippen LogP) is 2.13. The average molecular weight is 151 g/mol. The maximum Gasteiger partial charge on any atom is 0.101 e. The summed E-state index contributed by atoms with van der Waals surface area (Å²) >= 11 is 0. The van der Waals surface area contributed by atoms with Gasteiger partial charge in [-0.3, -0.25) is 0 Å². The Hall–Kier alpha value is -1.05. The molecule has 0 radical (unpaired) electrons. The molecule has 1 aliphatic carbocycles. The number of nitrogens with one attached hydrogen (secondary N) is 1. The first-order valence-electron chi connectivity index (χ1n) is 3.74. The number of hydrogen-bond acceptors (Lipinski definition) is 2. The van der Waals surface area contributed by atoms with Crippen molar-refractivity contribution in [2.45, 2.75) is 13.3 Å². The second-order valence-corrected chi connectivity index (χ2v) is 2.75. The van der Waals surface area contributed by atoms with Crippen LogP contribution in [0.15, 0.2) is 24.0 Å². The molecular formula is C9H13NO. The molecule has 60 valence electrons. The molecule has 2 heteroatoms. The number of hydrogen-bond donors (Lipinski definition) is 1. The van der Waals surface area contributed by atoms with Crippen LogP contribution in [-0.4, -0.2) is 12.8 Å². The van der Waals surface area contributed by atoms with E-state index in [0.29, 0.717) is 11.6 Å². The van der Waals surface area contributed by atoms with E-state index in [1.54, 1.807) is 13.2 Å². The maximum absolute atomic E-state index is 7.41. The molecule has 0 heterocycles. The minimum absolute atomic E-state index is 0.402. The first kappa shape index (κ1) is 8.05. The van der Waals surface area contributed by atoms with E-state index in [0.717, 1.165) is 12.2 Å². The highest BCUT2D eigenvalue weighted by molar-refractivity contribution is 6.02. The van der Waals surface area contributed by atoms with Gasteiger partial charge in [-0.1, -0.05) is 13.0 Å². The summed E-state index contributed by atoms with van der Waals surface area (Å²) in [7, 11) is 1.65. The second-order valence-electron chi connectivity index (χ2n) is 2.75. The Morgan fingerprint density at radius 1 is 1.64 bits per heavy atom. The van der Waals surface area contributed by atoms with Gasteiger partial charge in [0.2, 0.25) is 0 Å². The molecular weight excluding hydrogens is 138 g/mol. The van der Waals surface area contributed by atoms with Gasteiger partial charge in [-0.2, -0.15) is 0 Å². The third-order valence-electron chi connectivity index (χ3n) is 1.81. The normalized spacial score (nSPS) is 24.4. The van der Waals surface area contributed by atoms with Gasteiger partial charge in [0.1, 0.15) is 5.76 Å². The molecule has 1 atom stereocenters. The first-order valence-corrected chi connectivity index (χ1v) is 3.74. The Kier molecular flexibility index (Phi) is 2.47. The lowest BCUT2D eigenvalue weighted by atomic mass is 10.1. The third kappa shape index (κ3) is 1.93. The molecule has 0 aliphatic heterocycles. The number of rotatable bonds is 1. The van der Waals surface area contributed by atoms with Gasteiger partial charge in [0.15, 0.2) is 0 Å². The Morgan fingerprint density at radius 3 is 3.00 bits per heavy atom. The van der Waals surface area contributed by atoms with Gasteiger partial charge >= 0.3 is 0 Å². The molecule has 2 nitrogen and oxygen atoms in total. The summed E-state index contributed by atoms with van der Waals surface area (Å²) in [6, 6.07) is 0. The molecule has 0 fully saturated rings. The Bertz CT molecular complexity index is 216. The second kappa shape index (κ2) is 3.37. The van der Waals surface area contributed by atoms with E-state index in [2.05, 4.69) is 6.92 Å². The number of ether oxygens (including phenoxy) is 1. The van der Waals surface area contributed by atoms with Crippen molar-refractivity contribution in [2.24, 2.45) is 5.92 Å². The van der Waals surface area contributed by atoms with Crippen LogP contribution in [-0.2, 0) is 4.74 Å². The highest BCUT2D eigenvalue weighted by Gasteiger charge is 2.10. The van der Waals surface area contributed by atoms with Crippen molar-refractivity contribution in [1.82, 2.24) is 0 Å². The Labute approximate surface area is 67.1 Å². The van der Waals surface area contributed by atoms with E-state index in [1.165, 1.54) is 0 Å². The number of methoxy groups -OCH3 is 1. The zero-order chi connectivity index (χ0) is 8.27. The molecule has 0 aromatic heterocycles. The molecule has 0 aromatic carbocycles. The lowest BCUT2D eigenvalue weighted by Gasteiger charge is -2.10. The van der Waals surface area contributed by atoms with E-state index >= 15 is 0 Å². The van der Waals surface area contributed by atoms with E-state index in [4.69, 9.17) is 10.1 Å². The smallest absolute Gasteiger partial charge is 0.101 e. The Morgan fingerprint density at radius 2 is 2.36 bits per heavy atom. The Balaban J connectivity index is 2.82. The molecule has 0 amide bonds. The molecule has 11 heavy (non-hydrogen) atoms. The topological polar surface area (TPSA) is 33.1 Å². The lowest BCUT2D eigenvalue weighted by Crippen LogP contribution is -2.00. The van der Waals surface area contributed by atoms with Crippen LogP contribution >= 0.6 is 0 Å². The summed E-state index contributed by atoms with van der Waals surface area (Å²) in [6.07, 6.45) is 6.55. The number of allylic oxidation sites excluding steroid dienone is 4. The van der Waals surface area contributed by atoms with Crippen molar-refractivity contribution in [3.8, 4) is 0 Å². The molecule has 1 rings (SSSR count). The predicted molar refractivity (Wildman–Crippen MR) is 45.7 cm³/mol. The molecule has 0 spiro atoms. The third-order valence-corrected chi connectivity index (χ3v) is 1.81. The molecule has 1 unspecified atom stereocenters. The standard InChI is InChI=1S/C9H13NO/c1-7-4-3-5-8(10)6-9(7)11-2/h3,5-7,10H,4H2,1-2H3. The zero-order valence-corrected chi connectivity index (χ0v) is 6.92. The van der Waals surface area contributed by atoms with Crippen molar-refractivity contribution >= 4 is 5.71 Å². The lowest BCUT2D eigenvalue weighted by molar-refractivity contribution is 0.249. The molecule has 1 aliphatic rings.